The maximum Gasteiger partial charge on any atom is 0.377 e. The summed E-state index contributed by atoms with van der Waals surface area (Å²) < 4.78 is 0. The molecule has 1 fully saturated rings. The Kier molecular flexibility index (Phi) is 3.74. The third-order valence-electron chi connectivity index (χ3n) is 4.15. The number of rotatable bonds is 3. The normalized spacial score (nSPS) is 19.1. The second-order valence-electron chi connectivity index (χ2n) is 6.20. The number of ketones is 1. The summed E-state index contributed by atoms with van der Waals surface area (Å²) in [4.78, 5) is 22.2. The van der Waals surface area contributed by atoms with E-state index in [9.17, 15) is 9.59 Å². The van der Waals surface area contributed by atoms with Crippen molar-refractivity contribution >= 4 is 11.8 Å². The van der Waals surface area contributed by atoms with E-state index in [4.69, 9.17) is 5.11 Å². The molecular formula is C16H20O3. The third-order valence-corrected chi connectivity index (χ3v) is 4.15. The third kappa shape index (κ3) is 3.22. The molecule has 0 amide bonds. The fourth-order valence-electron chi connectivity index (χ4n) is 2.79. The number of carboxylic acids is 1. The molecule has 0 atom stereocenters. The predicted octanol–water partition coefficient (Wildman–Crippen LogP) is 3.64. The van der Waals surface area contributed by atoms with Crippen LogP contribution >= 0.6 is 0 Å². The van der Waals surface area contributed by atoms with Crippen LogP contribution in [0.4, 0.5) is 0 Å². The Morgan fingerprint density at radius 2 is 1.84 bits per heavy atom. The highest BCUT2D eigenvalue weighted by Crippen LogP contribution is 2.42. The Bertz CT molecular complexity index is 492. The Labute approximate surface area is 113 Å². The van der Waals surface area contributed by atoms with Gasteiger partial charge in [-0.05, 0) is 48.6 Å². The molecule has 0 aromatic heterocycles. The fraction of sp³-hybridized carbons (Fsp3) is 0.500. The molecule has 0 bridgehead atoms. The highest BCUT2D eigenvalue weighted by atomic mass is 16.4. The lowest BCUT2D eigenvalue weighted by molar-refractivity contribution is -0.131. The Morgan fingerprint density at radius 1 is 1.21 bits per heavy atom. The summed E-state index contributed by atoms with van der Waals surface area (Å²) in [7, 11) is 0. The van der Waals surface area contributed by atoms with Crippen molar-refractivity contribution < 1.29 is 14.7 Å². The molecule has 1 aliphatic carbocycles. The first-order chi connectivity index (χ1) is 8.89. The quantitative estimate of drug-likeness (QED) is 0.667. The molecule has 0 spiro atoms. The zero-order valence-corrected chi connectivity index (χ0v) is 11.5. The molecule has 1 saturated carbocycles. The van der Waals surface area contributed by atoms with Gasteiger partial charge in [0.15, 0.2) is 0 Å². The zero-order valence-electron chi connectivity index (χ0n) is 11.5. The topological polar surface area (TPSA) is 54.4 Å². The molecule has 19 heavy (non-hydrogen) atoms. The zero-order chi connectivity index (χ0) is 14.0. The van der Waals surface area contributed by atoms with Crippen LogP contribution < -0.4 is 0 Å². The molecular weight excluding hydrogens is 240 g/mol. The lowest BCUT2D eigenvalue weighted by Gasteiger charge is -2.34. The number of benzene rings is 1. The average Bonchev–Trinajstić information content (AvgIpc) is 2.38. The van der Waals surface area contributed by atoms with Crippen LogP contribution in [-0.4, -0.2) is 16.9 Å². The van der Waals surface area contributed by atoms with Crippen molar-refractivity contribution in [3.8, 4) is 0 Å². The van der Waals surface area contributed by atoms with Crippen molar-refractivity contribution in [2.45, 2.75) is 45.4 Å². The van der Waals surface area contributed by atoms with Crippen molar-refractivity contribution in [1.82, 2.24) is 0 Å². The first-order valence-electron chi connectivity index (χ1n) is 6.77. The van der Waals surface area contributed by atoms with Gasteiger partial charge < -0.3 is 5.11 Å². The first kappa shape index (κ1) is 13.8. The molecule has 1 aliphatic rings. The molecule has 102 valence electrons. The summed E-state index contributed by atoms with van der Waals surface area (Å²) in [6.45, 7) is 4.57. The minimum absolute atomic E-state index is 0.287. The monoisotopic (exact) mass is 260 g/mol. The van der Waals surface area contributed by atoms with E-state index in [0.717, 1.165) is 18.4 Å². The van der Waals surface area contributed by atoms with E-state index in [1.54, 1.807) is 18.2 Å². The van der Waals surface area contributed by atoms with E-state index >= 15 is 0 Å². The Morgan fingerprint density at radius 3 is 2.42 bits per heavy atom. The van der Waals surface area contributed by atoms with Crippen LogP contribution in [0.2, 0.25) is 0 Å². The first-order valence-corrected chi connectivity index (χ1v) is 6.77. The lowest BCUT2D eigenvalue weighted by atomic mass is 9.71. The molecule has 1 N–H and O–H groups in total. The number of Topliss-reactive ketones (excluding diaryl/α,β-unsaturated/α-hetero) is 1. The van der Waals surface area contributed by atoms with Crippen LogP contribution in [0.3, 0.4) is 0 Å². The fourth-order valence-corrected chi connectivity index (χ4v) is 2.79. The minimum atomic E-state index is -1.39. The van der Waals surface area contributed by atoms with Gasteiger partial charge in [-0.25, -0.2) is 4.79 Å². The molecule has 1 aromatic rings. The van der Waals surface area contributed by atoms with E-state index in [-0.39, 0.29) is 5.56 Å². The molecule has 3 heteroatoms. The van der Waals surface area contributed by atoms with Gasteiger partial charge in [-0.2, -0.15) is 0 Å². The van der Waals surface area contributed by atoms with Crippen LogP contribution in [-0.2, 0) is 4.79 Å². The van der Waals surface area contributed by atoms with Gasteiger partial charge in [-0.3, -0.25) is 4.79 Å². The number of carboxylic acid groups (broad SMARTS) is 1. The summed E-state index contributed by atoms with van der Waals surface area (Å²) in [6.07, 6.45) is 4.57. The van der Waals surface area contributed by atoms with Gasteiger partial charge in [0, 0.05) is 5.56 Å². The number of hydrogen-bond donors (Lipinski definition) is 1. The number of hydrogen-bond acceptors (Lipinski definition) is 2. The molecule has 0 heterocycles. The molecule has 0 aliphatic heterocycles. The van der Waals surface area contributed by atoms with E-state index in [0.29, 0.717) is 11.3 Å². The van der Waals surface area contributed by atoms with Gasteiger partial charge in [-0.1, -0.05) is 32.0 Å². The smallest absolute Gasteiger partial charge is 0.377 e. The summed E-state index contributed by atoms with van der Waals surface area (Å²) in [5.74, 6) is -1.76. The van der Waals surface area contributed by atoms with Crippen molar-refractivity contribution in [3.05, 3.63) is 35.4 Å². The number of carbonyl (C=O) groups excluding carboxylic acids is 1. The van der Waals surface area contributed by atoms with Crippen molar-refractivity contribution in [1.29, 1.82) is 0 Å². The van der Waals surface area contributed by atoms with Crippen molar-refractivity contribution in [2.75, 3.05) is 0 Å². The van der Waals surface area contributed by atoms with Crippen molar-refractivity contribution in [3.63, 3.8) is 0 Å². The average molecular weight is 260 g/mol. The Hall–Kier alpha value is -1.64. The maximum absolute atomic E-state index is 11.5. The SMILES string of the molecule is CC1(C)CCC(c2cccc(C(=O)C(=O)O)c2)CC1. The molecule has 2 rings (SSSR count). The van der Waals surface area contributed by atoms with Gasteiger partial charge in [0.1, 0.15) is 0 Å². The van der Waals surface area contributed by atoms with Gasteiger partial charge in [-0.15, -0.1) is 0 Å². The van der Waals surface area contributed by atoms with Crippen LogP contribution in [0.5, 0.6) is 0 Å². The predicted molar refractivity (Wildman–Crippen MR) is 73.4 cm³/mol. The minimum Gasteiger partial charge on any atom is -0.475 e. The van der Waals surface area contributed by atoms with Gasteiger partial charge in [0.2, 0.25) is 0 Å². The van der Waals surface area contributed by atoms with E-state index < -0.39 is 11.8 Å². The molecule has 0 saturated heterocycles. The van der Waals surface area contributed by atoms with E-state index in [2.05, 4.69) is 13.8 Å². The lowest BCUT2D eigenvalue weighted by Crippen LogP contribution is -2.20. The van der Waals surface area contributed by atoms with Crippen molar-refractivity contribution in [2.24, 2.45) is 5.41 Å². The van der Waals surface area contributed by atoms with Gasteiger partial charge >= 0.3 is 5.97 Å². The second kappa shape index (κ2) is 5.16. The number of carbonyl (C=O) groups is 2. The highest BCUT2D eigenvalue weighted by molar-refractivity contribution is 6.39. The number of aliphatic carboxylic acids is 1. The largest absolute Gasteiger partial charge is 0.475 e. The Balaban J connectivity index is 2.16. The van der Waals surface area contributed by atoms with Crippen LogP contribution in [0.1, 0.15) is 61.4 Å². The summed E-state index contributed by atoms with van der Waals surface area (Å²) in [6, 6.07) is 7.11. The highest BCUT2D eigenvalue weighted by Gasteiger charge is 2.28. The maximum atomic E-state index is 11.5. The van der Waals surface area contributed by atoms with E-state index in [1.165, 1.54) is 12.8 Å². The van der Waals surface area contributed by atoms with Gasteiger partial charge in [0.25, 0.3) is 5.78 Å². The summed E-state index contributed by atoms with van der Waals surface area (Å²) >= 11 is 0. The summed E-state index contributed by atoms with van der Waals surface area (Å²) in [5.41, 5.74) is 1.79. The van der Waals surface area contributed by atoms with Crippen LogP contribution in [0.15, 0.2) is 24.3 Å². The molecule has 1 aromatic carbocycles. The molecule has 0 radical (unpaired) electrons. The standard InChI is InChI=1S/C16H20O3/c1-16(2)8-6-11(7-9-16)12-4-3-5-13(10-12)14(17)15(18)19/h3-5,10-11H,6-9H2,1-2H3,(H,18,19). The second-order valence-corrected chi connectivity index (χ2v) is 6.20. The molecule has 0 unspecified atom stereocenters. The van der Waals surface area contributed by atoms with Crippen LogP contribution in [0.25, 0.3) is 0 Å². The van der Waals surface area contributed by atoms with E-state index in [1.807, 2.05) is 6.07 Å². The molecule has 3 nitrogen and oxygen atoms in total. The van der Waals surface area contributed by atoms with Gasteiger partial charge in [0.05, 0.1) is 0 Å². The summed E-state index contributed by atoms with van der Waals surface area (Å²) in [5, 5.41) is 8.76. The van der Waals surface area contributed by atoms with Crippen LogP contribution in [0, 0.1) is 5.41 Å².